The molecule has 0 aliphatic rings. The number of rotatable bonds is 2. The highest BCUT2D eigenvalue weighted by Crippen LogP contribution is 2.14. The second-order valence-corrected chi connectivity index (χ2v) is 3.47. The van der Waals surface area contributed by atoms with Gasteiger partial charge in [-0.1, -0.05) is 28.1 Å². The van der Waals surface area contributed by atoms with Gasteiger partial charge in [0, 0.05) is 5.33 Å². The van der Waals surface area contributed by atoms with Crippen molar-refractivity contribution in [3.05, 3.63) is 28.0 Å². The Morgan fingerprint density at radius 1 is 1.73 bits per heavy atom. The van der Waals surface area contributed by atoms with E-state index in [1.54, 1.807) is 0 Å². The highest BCUT2D eigenvalue weighted by molar-refractivity contribution is 9.09. The summed E-state index contributed by atoms with van der Waals surface area (Å²) >= 11 is 4.75. The van der Waals surface area contributed by atoms with Crippen molar-refractivity contribution in [1.29, 1.82) is 5.26 Å². The Balaban J connectivity index is 2.75. The molecule has 1 aromatic rings. The summed E-state index contributed by atoms with van der Waals surface area (Å²) in [6.45, 7) is 0. The van der Waals surface area contributed by atoms with Gasteiger partial charge in [-0.3, -0.25) is 0 Å². The van der Waals surface area contributed by atoms with Crippen LogP contribution in [-0.4, -0.2) is 5.33 Å². The Labute approximate surface area is 78.1 Å². The average Bonchev–Trinajstić information content (AvgIpc) is 2.48. The first kappa shape index (κ1) is 8.51. The lowest BCUT2D eigenvalue weighted by atomic mass is 10.3. The molecular formula is C8H6BrNS. The number of hydrogen-bond acceptors (Lipinski definition) is 2. The number of halogens is 1. The van der Waals surface area contributed by atoms with Crippen LogP contribution in [0.3, 0.4) is 0 Å². The third kappa shape index (κ3) is 2.49. The van der Waals surface area contributed by atoms with Crippen LogP contribution in [0.4, 0.5) is 0 Å². The Morgan fingerprint density at radius 3 is 3.09 bits per heavy atom. The topological polar surface area (TPSA) is 23.8 Å². The minimum Gasteiger partial charge on any atom is -0.192 e. The Kier molecular flexibility index (Phi) is 3.34. The molecule has 1 aromatic heterocycles. The molecule has 0 atom stereocenters. The Hall–Kier alpha value is -0.590. The van der Waals surface area contributed by atoms with Gasteiger partial charge in [0.1, 0.15) is 10.9 Å². The molecule has 0 bridgehead atoms. The summed E-state index contributed by atoms with van der Waals surface area (Å²) in [7, 11) is 0. The van der Waals surface area contributed by atoms with Crippen molar-refractivity contribution in [3.63, 3.8) is 0 Å². The Bertz CT molecular complexity index is 295. The van der Waals surface area contributed by atoms with Crippen molar-refractivity contribution in [2.75, 3.05) is 5.33 Å². The van der Waals surface area contributed by atoms with Crippen LogP contribution in [0.5, 0.6) is 0 Å². The minimum absolute atomic E-state index is 0.763. The van der Waals surface area contributed by atoms with Gasteiger partial charge in [0.15, 0.2) is 0 Å². The van der Waals surface area contributed by atoms with Gasteiger partial charge < -0.3 is 0 Å². The van der Waals surface area contributed by atoms with E-state index < -0.39 is 0 Å². The smallest absolute Gasteiger partial charge is 0.110 e. The maximum absolute atomic E-state index is 8.50. The summed E-state index contributed by atoms with van der Waals surface area (Å²) in [6.07, 6.45) is 4.00. The maximum Gasteiger partial charge on any atom is 0.110 e. The first-order chi connectivity index (χ1) is 5.36. The summed E-state index contributed by atoms with van der Waals surface area (Å²) < 4.78 is 0. The normalized spacial score (nSPS) is 10.2. The lowest BCUT2D eigenvalue weighted by molar-refractivity contribution is 1.52. The lowest BCUT2D eigenvalue weighted by Gasteiger charge is -1.78. The number of alkyl halides is 1. The van der Waals surface area contributed by atoms with E-state index in [-0.39, 0.29) is 0 Å². The van der Waals surface area contributed by atoms with Crippen LogP contribution in [0.25, 0.3) is 6.08 Å². The van der Waals surface area contributed by atoms with Crippen molar-refractivity contribution in [2.45, 2.75) is 0 Å². The second kappa shape index (κ2) is 4.32. The van der Waals surface area contributed by atoms with Gasteiger partial charge in [0.05, 0.1) is 0 Å². The fourth-order valence-corrected chi connectivity index (χ4v) is 1.53. The lowest BCUT2D eigenvalue weighted by Crippen LogP contribution is -1.62. The van der Waals surface area contributed by atoms with Gasteiger partial charge >= 0.3 is 0 Å². The zero-order valence-electron chi connectivity index (χ0n) is 5.75. The van der Waals surface area contributed by atoms with Crippen LogP contribution < -0.4 is 0 Å². The van der Waals surface area contributed by atoms with E-state index in [0.717, 1.165) is 15.8 Å². The first-order valence-corrected chi connectivity index (χ1v) is 5.08. The van der Waals surface area contributed by atoms with Gasteiger partial charge in [-0.05, 0) is 17.0 Å². The number of allylic oxidation sites excluding steroid dienone is 1. The van der Waals surface area contributed by atoms with Gasteiger partial charge in [-0.15, -0.1) is 11.3 Å². The summed E-state index contributed by atoms with van der Waals surface area (Å²) in [5, 5.41) is 11.3. The molecule has 1 heterocycles. The fourth-order valence-electron chi connectivity index (χ4n) is 0.678. The van der Waals surface area contributed by atoms with Crippen molar-refractivity contribution >= 4 is 33.3 Å². The zero-order chi connectivity index (χ0) is 8.10. The maximum atomic E-state index is 8.50. The van der Waals surface area contributed by atoms with Crippen LogP contribution in [0.1, 0.15) is 10.4 Å². The van der Waals surface area contributed by atoms with Crippen molar-refractivity contribution < 1.29 is 0 Å². The zero-order valence-corrected chi connectivity index (χ0v) is 8.15. The van der Waals surface area contributed by atoms with Crippen LogP contribution >= 0.6 is 27.3 Å². The minimum atomic E-state index is 0.763. The molecule has 0 spiro atoms. The number of nitrogens with zero attached hydrogens (tertiary/aromatic N) is 1. The molecule has 0 aliphatic carbocycles. The summed E-state index contributed by atoms with van der Waals surface area (Å²) in [5.74, 6) is 0. The largest absolute Gasteiger partial charge is 0.192 e. The predicted octanol–water partition coefficient (Wildman–Crippen LogP) is 3.03. The highest BCUT2D eigenvalue weighted by atomic mass is 79.9. The van der Waals surface area contributed by atoms with E-state index in [2.05, 4.69) is 22.0 Å². The van der Waals surface area contributed by atoms with Crippen LogP contribution in [0.2, 0.25) is 0 Å². The molecule has 0 aliphatic heterocycles. The molecule has 0 saturated carbocycles. The monoisotopic (exact) mass is 227 g/mol. The van der Waals surface area contributed by atoms with E-state index in [4.69, 9.17) is 5.26 Å². The average molecular weight is 228 g/mol. The predicted molar refractivity (Wildman–Crippen MR) is 51.9 cm³/mol. The van der Waals surface area contributed by atoms with Gasteiger partial charge in [0.25, 0.3) is 0 Å². The Morgan fingerprint density at radius 2 is 2.55 bits per heavy atom. The number of hydrogen-bond donors (Lipinski definition) is 0. The molecule has 1 nitrogen and oxygen atoms in total. The van der Waals surface area contributed by atoms with E-state index in [0.29, 0.717) is 0 Å². The van der Waals surface area contributed by atoms with Crippen LogP contribution in [-0.2, 0) is 0 Å². The molecular weight excluding hydrogens is 222 g/mol. The van der Waals surface area contributed by atoms with E-state index >= 15 is 0 Å². The van der Waals surface area contributed by atoms with Crippen molar-refractivity contribution in [2.24, 2.45) is 0 Å². The SMILES string of the molecule is N#Cc1cc(C=CCBr)cs1. The summed E-state index contributed by atoms with van der Waals surface area (Å²) in [4.78, 5) is 0.763. The van der Waals surface area contributed by atoms with Gasteiger partial charge in [0.2, 0.25) is 0 Å². The molecule has 0 fully saturated rings. The summed E-state index contributed by atoms with van der Waals surface area (Å²) in [6, 6.07) is 3.98. The van der Waals surface area contributed by atoms with E-state index in [1.165, 1.54) is 11.3 Å². The molecule has 1 rings (SSSR count). The van der Waals surface area contributed by atoms with Gasteiger partial charge in [-0.2, -0.15) is 5.26 Å². The van der Waals surface area contributed by atoms with E-state index in [9.17, 15) is 0 Å². The number of thiophene rings is 1. The van der Waals surface area contributed by atoms with Crippen molar-refractivity contribution in [1.82, 2.24) is 0 Å². The standard InChI is InChI=1S/C8H6BrNS/c9-3-1-2-7-4-8(5-10)11-6-7/h1-2,4,6H,3H2. The first-order valence-electron chi connectivity index (χ1n) is 3.08. The van der Waals surface area contributed by atoms with Crippen LogP contribution in [0.15, 0.2) is 17.5 Å². The molecule has 0 saturated heterocycles. The molecule has 0 N–H and O–H groups in total. The molecule has 0 radical (unpaired) electrons. The molecule has 0 amide bonds. The third-order valence-corrected chi connectivity index (χ3v) is 2.36. The molecule has 3 heteroatoms. The highest BCUT2D eigenvalue weighted by Gasteiger charge is 1.93. The van der Waals surface area contributed by atoms with Crippen LogP contribution in [0, 0.1) is 11.3 Å². The second-order valence-electron chi connectivity index (χ2n) is 1.91. The quantitative estimate of drug-likeness (QED) is 0.713. The molecule has 0 aromatic carbocycles. The molecule has 11 heavy (non-hydrogen) atoms. The van der Waals surface area contributed by atoms with Gasteiger partial charge in [-0.25, -0.2) is 0 Å². The fraction of sp³-hybridized carbons (Fsp3) is 0.125. The van der Waals surface area contributed by atoms with Crippen molar-refractivity contribution in [3.8, 4) is 6.07 Å². The third-order valence-electron chi connectivity index (χ3n) is 1.13. The molecule has 56 valence electrons. The molecule has 0 unspecified atom stereocenters. The summed E-state index contributed by atoms with van der Waals surface area (Å²) in [5.41, 5.74) is 1.10. The number of nitriles is 1. The van der Waals surface area contributed by atoms with E-state index in [1.807, 2.05) is 23.6 Å².